The predicted octanol–water partition coefficient (Wildman–Crippen LogP) is 1.33. The molecule has 16 heavy (non-hydrogen) atoms. The molecule has 0 aromatic heterocycles. The third kappa shape index (κ3) is 2.53. The van der Waals surface area contributed by atoms with E-state index < -0.39 is 0 Å². The van der Waals surface area contributed by atoms with Crippen molar-refractivity contribution in [3.63, 3.8) is 0 Å². The zero-order chi connectivity index (χ0) is 11.4. The molecule has 2 atom stereocenters. The van der Waals surface area contributed by atoms with Crippen LogP contribution >= 0.6 is 0 Å². The number of nitrogens with zero attached hydrogens (tertiary/aromatic N) is 1. The van der Waals surface area contributed by atoms with Crippen LogP contribution in [0.3, 0.4) is 0 Å². The minimum atomic E-state index is 0.147. The molecule has 2 saturated heterocycles. The lowest BCUT2D eigenvalue weighted by Gasteiger charge is -2.24. The summed E-state index contributed by atoms with van der Waals surface area (Å²) < 4.78 is 0. The zero-order valence-electron chi connectivity index (χ0n) is 9.86. The van der Waals surface area contributed by atoms with Gasteiger partial charge in [0.15, 0.2) is 0 Å². The molecule has 0 saturated carbocycles. The van der Waals surface area contributed by atoms with E-state index >= 15 is 0 Å². The number of fused-ring (bicyclic) bond motifs is 1. The van der Waals surface area contributed by atoms with Crippen LogP contribution in [0.2, 0.25) is 0 Å². The molecule has 0 aromatic carbocycles. The molecule has 0 aliphatic carbocycles. The molecule has 88 valence electrons. The highest BCUT2D eigenvalue weighted by molar-refractivity contribution is 5.88. The molecule has 2 rings (SSSR count). The highest BCUT2D eigenvalue weighted by atomic mass is 16.2. The van der Waals surface area contributed by atoms with Crippen molar-refractivity contribution in [1.82, 2.24) is 10.2 Å². The number of carbonyl (C=O) groups excluding carboxylic acids is 1. The molecule has 3 heteroatoms. The molecule has 1 amide bonds. The first-order valence-electron chi connectivity index (χ1n) is 6.13. The second-order valence-corrected chi connectivity index (χ2v) is 4.59. The fourth-order valence-electron chi connectivity index (χ4n) is 2.58. The van der Waals surface area contributed by atoms with Crippen LogP contribution in [-0.4, -0.2) is 36.5 Å². The highest BCUT2D eigenvalue weighted by Crippen LogP contribution is 2.24. The molecule has 2 aliphatic heterocycles. The third-order valence-corrected chi connectivity index (χ3v) is 3.45. The fourth-order valence-corrected chi connectivity index (χ4v) is 2.58. The van der Waals surface area contributed by atoms with Gasteiger partial charge in [-0.25, -0.2) is 0 Å². The van der Waals surface area contributed by atoms with Gasteiger partial charge in [-0.3, -0.25) is 4.79 Å². The summed E-state index contributed by atoms with van der Waals surface area (Å²) in [7, 11) is 0. The molecular formula is C13H20N2O. The maximum atomic E-state index is 11.8. The minimum Gasteiger partial charge on any atom is -0.337 e. The maximum Gasteiger partial charge on any atom is 0.246 e. The SMILES string of the molecule is CC=CC=CC(=O)N1C[C@@H]2CCCN[C@@H]2C1. The van der Waals surface area contributed by atoms with E-state index in [0.29, 0.717) is 12.0 Å². The number of piperidine rings is 1. The molecule has 2 heterocycles. The summed E-state index contributed by atoms with van der Waals surface area (Å²) >= 11 is 0. The number of allylic oxidation sites excluding steroid dienone is 3. The van der Waals surface area contributed by atoms with Crippen molar-refractivity contribution in [3.8, 4) is 0 Å². The second-order valence-electron chi connectivity index (χ2n) is 4.59. The van der Waals surface area contributed by atoms with Gasteiger partial charge in [0.1, 0.15) is 0 Å². The van der Waals surface area contributed by atoms with Gasteiger partial charge in [-0.05, 0) is 32.2 Å². The summed E-state index contributed by atoms with van der Waals surface area (Å²) in [5, 5.41) is 3.50. The van der Waals surface area contributed by atoms with Crippen molar-refractivity contribution in [1.29, 1.82) is 0 Å². The summed E-state index contributed by atoms with van der Waals surface area (Å²) in [6, 6.07) is 0.535. The Labute approximate surface area is 97.2 Å². The van der Waals surface area contributed by atoms with Crippen LogP contribution in [0.5, 0.6) is 0 Å². The van der Waals surface area contributed by atoms with Crippen molar-refractivity contribution >= 4 is 5.91 Å². The third-order valence-electron chi connectivity index (χ3n) is 3.45. The first kappa shape index (κ1) is 11.4. The summed E-state index contributed by atoms with van der Waals surface area (Å²) in [6.45, 7) is 4.86. The van der Waals surface area contributed by atoms with E-state index in [1.54, 1.807) is 6.08 Å². The summed E-state index contributed by atoms with van der Waals surface area (Å²) in [5.41, 5.74) is 0. The average Bonchev–Trinajstić information content (AvgIpc) is 2.73. The van der Waals surface area contributed by atoms with Gasteiger partial charge >= 0.3 is 0 Å². The van der Waals surface area contributed by atoms with E-state index in [1.165, 1.54) is 12.8 Å². The van der Waals surface area contributed by atoms with Crippen LogP contribution in [0, 0.1) is 5.92 Å². The van der Waals surface area contributed by atoms with Crippen LogP contribution in [0.25, 0.3) is 0 Å². The predicted molar refractivity (Wildman–Crippen MR) is 65.0 cm³/mol. The van der Waals surface area contributed by atoms with Crippen molar-refractivity contribution in [3.05, 3.63) is 24.3 Å². The molecule has 0 aromatic rings. The molecule has 0 unspecified atom stereocenters. The topological polar surface area (TPSA) is 32.3 Å². The normalized spacial score (nSPS) is 30.2. The van der Waals surface area contributed by atoms with Gasteiger partial charge in [-0.1, -0.05) is 18.2 Å². The molecule has 2 fully saturated rings. The van der Waals surface area contributed by atoms with E-state index in [2.05, 4.69) is 5.32 Å². The Morgan fingerprint density at radius 3 is 3.00 bits per heavy atom. The van der Waals surface area contributed by atoms with Gasteiger partial charge < -0.3 is 10.2 Å². The molecule has 1 N–H and O–H groups in total. The number of amides is 1. The van der Waals surface area contributed by atoms with Gasteiger partial charge in [-0.2, -0.15) is 0 Å². The molecular weight excluding hydrogens is 200 g/mol. The van der Waals surface area contributed by atoms with Gasteiger partial charge in [0.2, 0.25) is 5.91 Å². The second kappa shape index (κ2) is 5.30. The number of rotatable bonds is 2. The Hall–Kier alpha value is -1.09. The van der Waals surface area contributed by atoms with E-state index in [0.717, 1.165) is 19.6 Å². The number of likely N-dealkylation sites (tertiary alicyclic amines) is 1. The quantitative estimate of drug-likeness (QED) is 0.562. The van der Waals surface area contributed by atoms with Gasteiger partial charge in [0, 0.05) is 25.2 Å². The summed E-state index contributed by atoms with van der Waals surface area (Å²) in [5.74, 6) is 0.821. The van der Waals surface area contributed by atoms with Crippen LogP contribution in [0.4, 0.5) is 0 Å². The molecule has 0 radical (unpaired) electrons. The Morgan fingerprint density at radius 2 is 2.25 bits per heavy atom. The Morgan fingerprint density at radius 1 is 1.38 bits per heavy atom. The Kier molecular flexibility index (Phi) is 3.78. The molecule has 2 aliphatic rings. The number of hydrogen-bond acceptors (Lipinski definition) is 2. The van der Waals surface area contributed by atoms with Crippen LogP contribution < -0.4 is 5.32 Å². The highest BCUT2D eigenvalue weighted by Gasteiger charge is 2.35. The smallest absolute Gasteiger partial charge is 0.246 e. The lowest BCUT2D eigenvalue weighted by Crippen LogP contribution is -2.40. The van der Waals surface area contributed by atoms with E-state index in [1.807, 2.05) is 30.1 Å². The zero-order valence-corrected chi connectivity index (χ0v) is 9.86. The fraction of sp³-hybridized carbons (Fsp3) is 0.615. The largest absolute Gasteiger partial charge is 0.337 e. The van der Waals surface area contributed by atoms with Gasteiger partial charge in [-0.15, -0.1) is 0 Å². The van der Waals surface area contributed by atoms with Crippen LogP contribution in [0.1, 0.15) is 19.8 Å². The van der Waals surface area contributed by atoms with Crippen molar-refractivity contribution in [2.45, 2.75) is 25.8 Å². The number of hydrogen-bond donors (Lipinski definition) is 1. The number of nitrogens with one attached hydrogen (secondary N) is 1. The average molecular weight is 220 g/mol. The maximum absolute atomic E-state index is 11.8. The standard InChI is InChI=1S/C13H20N2O/c1-2-3-4-7-13(16)15-9-11-6-5-8-14-12(11)10-15/h2-4,7,11-12,14H,5-6,8-10H2,1H3/t11-,12+/m0/s1. The first-order valence-corrected chi connectivity index (χ1v) is 6.13. The Balaban J connectivity index is 1.89. The lowest BCUT2D eigenvalue weighted by molar-refractivity contribution is -0.125. The van der Waals surface area contributed by atoms with E-state index in [-0.39, 0.29) is 5.91 Å². The van der Waals surface area contributed by atoms with E-state index in [9.17, 15) is 4.79 Å². The van der Waals surface area contributed by atoms with Crippen molar-refractivity contribution in [2.24, 2.45) is 5.92 Å². The van der Waals surface area contributed by atoms with Gasteiger partial charge in [0.25, 0.3) is 0 Å². The van der Waals surface area contributed by atoms with Crippen LogP contribution in [-0.2, 0) is 4.79 Å². The monoisotopic (exact) mass is 220 g/mol. The van der Waals surface area contributed by atoms with Crippen molar-refractivity contribution in [2.75, 3.05) is 19.6 Å². The lowest BCUT2D eigenvalue weighted by atomic mass is 9.94. The summed E-state index contributed by atoms with van der Waals surface area (Å²) in [4.78, 5) is 13.8. The summed E-state index contributed by atoms with van der Waals surface area (Å²) in [6.07, 6.45) is 9.81. The Bertz CT molecular complexity index is 295. The van der Waals surface area contributed by atoms with Gasteiger partial charge in [0.05, 0.1) is 0 Å². The van der Waals surface area contributed by atoms with Crippen molar-refractivity contribution < 1.29 is 4.79 Å². The van der Waals surface area contributed by atoms with Crippen LogP contribution in [0.15, 0.2) is 24.3 Å². The van der Waals surface area contributed by atoms with E-state index in [4.69, 9.17) is 0 Å². The first-order chi connectivity index (χ1) is 7.81. The molecule has 0 bridgehead atoms. The number of carbonyl (C=O) groups is 1. The minimum absolute atomic E-state index is 0.147. The molecule has 3 nitrogen and oxygen atoms in total. The molecule has 0 spiro atoms.